The van der Waals surface area contributed by atoms with Gasteiger partial charge in [-0.1, -0.05) is 36.4 Å². The van der Waals surface area contributed by atoms with Gasteiger partial charge >= 0.3 is 6.36 Å². The van der Waals surface area contributed by atoms with Crippen LogP contribution in [0.5, 0.6) is 5.75 Å². The second-order valence-corrected chi connectivity index (χ2v) is 8.48. The molecule has 3 unspecified atom stereocenters. The van der Waals surface area contributed by atoms with Crippen LogP contribution in [0.25, 0.3) is 0 Å². The van der Waals surface area contributed by atoms with E-state index in [1.54, 1.807) is 12.1 Å². The molecule has 184 valence electrons. The van der Waals surface area contributed by atoms with Crippen LogP contribution in [0, 0.1) is 0 Å². The zero-order valence-corrected chi connectivity index (χ0v) is 18.8. The Hall–Kier alpha value is -2.59. The van der Waals surface area contributed by atoms with Gasteiger partial charge in [-0.05, 0) is 37.1 Å². The predicted octanol–water partition coefficient (Wildman–Crippen LogP) is 3.98. The minimum atomic E-state index is -4.82. The number of alkyl halides is 3. The van der Waals surface area contributed by atoms with Crippen molar-refractivity contribution in [3.05, 3.63) is 77.6 Å². The lowest BCUT2D eigenvalue weighted by atomic mass is 9.88. The molecule has 1 saturated heterocycles. The smallest absolute Gasteiger partial charge is 0.405 e. The molecule has 4 rings (SSSR count). The van der Waals surface area contributed by atoms with Crippen LogP contribution in [0.1, 0.15) is 24.3 Å². The molecule has 6 nitrogen and oxygen atoms in total. The third kappa shape index (κ3) is 5.72. The van der Waals surface area contributed by atoms with Gasteiger partial charge in [0.05, 0.1) is 6.10 Å². The standard InChI is InChI=1S/C25H29F3N2O4/c1-2-22(31)17(18-7-3-5-9-23(18)33-25(26,27)28)11-13-30-14-12-29-15-21(30)20-16-32-34-24-10-6-4-8-19(20)24/h2-7,9-10,17,21-22,29,31H,1,8,11-16H2. The van der Waals surface area contributed by atoms with Gasteiger partial charge in [-0.3, -0.25) is 4.90 Å². The van der Waals surface area contributed by atoms with Crippen LogP contribution in [0.2, 0.25) is 0 Å². The van der Waals surface area contributed by atoms with E-state index in [9.17, 15) is 18.3 Å². The van der Waals surface area contributed by atoms with E-state index >= 15 is 0 Å². The molecule has 0 bridgehead atoms. The molecular formula is C25H29F3N2O4. The van der Waals surface area contributed by atoms with Gasteiger partial charge in [0, 0.05) is 42.7 Å². The number of nitrogens with zero attached hydrogens (tertiary/aromatic N) is 1. The van der Waals surface area contributed by atoms with Crippen molar-refractivity contribution in [3.63, 3.8) is 0 Å². The number of ether oxygens (including phenoxy) is 1. The largest absolute Gasteiger partial charge is 0.573 e. The zero-order chi connectivity index (χ0) is 24.1. The monoisotopic (exact) mass is 478 g/mol. The SMILES string of the molecule is C=CC(O)C(CCN1CCNCC1C1=C2CC=CC=C2OOC1)c1ccccc1OC(F)(F)F. The van der Waals surface area contributed by atoms with E-state index in [0.29, 0.717) is 30.9 Å². The number of allylic oxidation sites excluding steroid dienone is 4. The van der Waals surface area contributed by atoms with Crippen molar-refractivity contribution in [2.45, 2.75) is 37.3 Å². The van der Waals surface area contributed by atoms with Crippen LogP contribution in [-0.4, -0.2) is 61.3 Å². The first-order valence-electron chi connectivity index (χ1n) is 11.4. The average Bonchev–Trinajstić information content (AvgIpc) is 2.84. The van der Waals surface area contributed by atoms with Crippen molar-refractivity contribution >= 4 is 0 Å². The molecular weight excluding hydrogens is 449 g/mol. The van der Waals surface area contributed by atoms with Crippen molar-refractivity contribution < 1.29 is 32.8 Å². The number of hydrogen-bond donors (Lipinski definition) is 2. The highest BCUT2D eigenvalue weighted by Gasteiger charge is 2.35. The van der Waals surface area contributed by atoms with E-state index in [1.807, 2.05) is 12.2 Å². The summed E-state index contributed by atoms with van der Waals surface area (Å²) in [6, 6.07) is 6.01. The third-order valence-corrected chi connectivity index (χ3v) is 6.44. The van der Waals surface area contributed by atoms with E-state index < -0.39 is 18.4 Å². The van der Waals surface area contributed by atoms with Gasteiger partial charge in [0.1, 0.15) is 12.4 Å². The second kappa shape index (κ2) is 10.8. The van der Waals surface area contributed by atoms with Crippen LogP contribution >= 0.6 is 0 Å². The van der Waals surface area contributed by atoms with Gasteiger partial charge in [0.25, 0.3) is 0 Å². The fourth-order valence-electron chi connectivity index (χ4n) is 4.79. The molecule has 9 heteroatoms. The quantitative estimate of drug-likeness (QED) is 0.435. The van der Waals surface area contributed by atoms with Crippen LogP contribution < -0.4 is 10.1 Å². The molecule has 0 radical (unpaired) electrons. The summed E-state index contributed by atoms with van der Waals surface area (Å²) in [5, 5.41) is 14.1. The fourth-order valence-corrected chi connectivity index (χ4v) is 4.79. The number of benzene rings is 1. The van der Waals surface area contributed by atoms with E-state index in [4.69, 9.17) is 9.78 Å². The molecule has 0 amide bonds. The first-order valence-corrected chi connectivity index (χ1v) is 11.4. The summed E-state index contributed by atoms with van der Waals surface area (Å²) >= 11 is 0. The molecule has 2 N–H and O–H groups in total. The summed E-state index contributed by atoms with van der Waals surface area (Å²) in [6.45, 7) is 6.84. The average molecular weight is 479 g/mol. The summed E-state index contributed by atoms with van der Waals surface area (Å²) in [5.74, 6) is -0.194. The first kappa shape index (κ1) is 24.5. The predicted molar refractivity (Wildman–Crippen MR) is 121 cm³/mol. The molecule has 0 aromatic heterocycles. The Balaban J connectivity index is 1.56. The number of nitrogens with one attached hydrogen (secondary N) is 1. The summed E-state index contributed by atoms with van der Waals surface area (Å²) in [4.78, 5) is 13.0. The molecule has 2 aliphatic heterocycles. The Morgan fingerprint density at radius 3 is 2.94 bits per heavy atom. The number of halogens is 3. The number of rotatable bonds is 8. The zero-order valence-electron chi connectivity index (χ0n) is 18.8. The summed E-state index contributed by atoms with van der Waals surface area (Å²) in [6.07, 6.45) is 2.58. The van der Waals surface area contributed by atoms with Gasteiger partial charge in [-0.2, -0.15) is 4.89 Å². The number of piperazine rings is 1. The van der Waals surface area contributed by atoms with E-state index in [1.165, 1.54) is 18.2 Å². The maximum Gasteiger partial charge on any atom is 0.573 e. The molecule has 1 aliphatic carbocycles. The minimum Gasteiger partial charge on any atom is -0.405 e. The maximum atomic E-state index is 13.0. The molecule has 1 aromatic rings. The van der Waals surface area contributed by atoms with Crippen LogP contribution in [0.3, 0.4) is 0 Å². The molecule has 0 saturated carbocycles. The Morgan fingerprint density at radius 2 is 2.15 bits per heavy atom. The van der Waals surface area contributed by atoms with E-state index in [-0.39, 0.29) is 11.8 Å². The number of hydrogen-bond acceptors (Lipinski definition) is 6. The van der Waals surface area contributed by atoms with E-state index in [0.717, 1.165) is 37.2 Å². The number of fused-ring (bicyclic) bond motifs is 1. The molecule has 34 heavy (non-hydrogen) atoms. The van der Waals surface area contributed by atoms with Crippen LogP contribution in [-0.2, 0) is 9.78 Å². The lowest BCUT2D eigenvalue weighted by Gasteiger charge is -2.40. The molecule has 2 heterocycles. The highest BCUT2D eigenvalue weighted by Crippen LogP contribution is 2.36. The summed E-state index contributed by atoms with van der Waals surface area (Å²) in [7, 11) is 0. The van der Waals surface area contributed by atoms with Crippen molar-refractivity contribution in [1.82, 2.24) is 10.2 Å². The first-order chi connectivity index (χ1) is 16.4. The topological polar surface area (TPSA) is 63.2 Å². The van der Waals surface area contributed by atoms with Gasteiger partial charge < -0.3 is 20.0 Å². The minimum absolute atomic E-state index is 0.0470. The molecule has 0 spiro atoms. The highest BCUT2D eigenvalue weighted by molar-refractivity contribution is 5.42. The normalized spacial score (nSPS) is 22.9. The van der Waals surface area contributed by atoms with Gasteiger partial charge in [-0.15, -0.1) is 19.8 Å². The van der Waals surface area contributed by atoms with Gasteiger partial charge in [-0.25, -0.2) is 0 Å². The van der Waals surface area contributed by atoms with Crippen molar-refractivity contribution in [3.8, 4) is 5.75 Å². The summed E-state index contributed by atoms with van der Waals surface area (Å²) in [5.41, 5.74) is 2.55. The second-order valence-electron chi connectivity index (χ2n) is 8.48. The fraction of sp³-hybridized carbons (Fsp3) is 0.440. The molecule has 3 aliphatic rings. The highest BCUT2D eigenvalue weighted by atomic mass is 19.4. The molecule has 1 fully saturated rings. The molecule has 3 atom stereocenters. The lowest BCUT2D eigenvalue weighted by molar-refractivity contribution is -0.275. The van der Waals surface area contributed by atoms with Crippen molar-refractivity contribution in [2.24, 2.45) is 0 Å². The van der Waals surface area contributed by atoms with Gasteiger partial charge in [0.15, 0.2) is 5.76 Å². The lowest BCUT2D eigenvalue weighted by Crippen LogP contribution is -2.53. The van der Waals surface area contributed by atoms with Crippen molar-refractivity contribution in [2.75, 3.05) is 32.8 Å². The van der Waals surface area contributed by atoms with E-state index in [2.05, 4.69) is 27.6 Å². The number of para-hydroxylation sites is 1. The summed E-state index contributed by atoms with van der Waals surface area (Å²) < 4.78 is 43.2. The Kier molecular flexibility index (Phi) is 7.77. The van der Waals surface area contributed by atoms with Crippen LogP contribution in [0.4, 0.5) is 13.2 Å². The Labute approximate surface area is 196 Å². The van der Waals surface area contributed by atoms with Gasteiger partial charge in [0.2, 0.25) is 0 Å². The Bertz CT molecular complexity index is 973. The third-order valence-electron chi connectivity index (χ3n) is 6.44. The number of aliphatic hydroxyl groups is 1. The Morgan fingerprint density at radius 1 is 1.32 bits per heavy atom. The number of aliphatic hydroxyl groups excluding tert-OH is 1. The van der Waals surface area contributed by atoms with Crippen molar-refractivity contribution in [1.29, 1.82) is 0 Å². The molecule has 1 aromatic carbocycles. The van der Waals surface area contributed by atoms with Crippen LogP contribution in [0.15, 0.2) is 72.1 Å². The maximum absolute atomic E-state index is 13.0.